The molecule has 0 atom stereocenters. The van der Waals surface area contributed by atoms with E-state index in [0.717, 1.165) is 27.9 Å². The molecule has 0 bridgehead atoms. The van der Waals surface area contributed by atoms with E-state index in [1.54, 1.807) is 0 Å². The summed E-state index contributed by atoms with van der Waals surface area (Å²) in [6.07, 6.45) is 0. The molecule has 0 radical (unpaired) electrons. The van der Waals surface area contributed by atoms with Gasteiger partial charge in [0.1, 0.15) is 17.0 Å². The SMILES string of the molecule is Cc1oc2cc(-c3cc(C(=O)O)on3)ccc2c1C. The van der Waals surface area contributed by atoms with Crippen molar-refractivity contribution in [3.63, 3.8) is 0 Å². The van der Waals surface area contributed by atoms with Gasteiger partial charge in [0.2, 0.25) is 5.76 Å². The van der Waals surface area contributed by atoms with Crippen molar-refractivity contribution in [2.24, 2.45) is 0 Å². The Kier molecular flexibility index (Phi) is 2.41. The number of carboxylic acids is 1. The van der Waals surface area contributed by atoms with Gasteiger partial charge in [-0.15, -0.1) is 0 Å². The molecule has 5 nitrogen and oxygen atoms in total. The average Bonchev–Trinajstić information content (AvgIpc) is 2.96. The monoisotopic (exact) mass is 257 g/mol. The van der Waals surface area contributed by atoms with Crippen LogP contribution in [0.1, 0.15) is 21.9 Å². The third-order valence-corrected chi connectivity index (χ3v) is 3.19. The van der Waals surface area contributed by atoms with Crippen molar-refractivity contribution in [3.05, 3.63) is 41.3 Å². The Hall–Kier alpha value is -2.56. The maximum absolute atomic E-state index is 10.8. The third-order valence-electron chi connectivity index (χ3n) is 3.19. The van der Waals surface area contributed by atoms with Crippen molar-refractivity contribution >= 4 is 16.9 Å². The van der Waals surface area contributed by atoms with Crippen LogP contribution in [0.5, 0.6) is 0 Å². The predicted molar refractivity (Wildman–Crippen MR) is 68.1 cm³/mol. The maximum atomic E-state index is 10.8. The second-order valence-corrected chi connectivity index (χ2v) is 4.38. The summed E-state index contributed by atoms with van der Waals surface area (Å²) in [6, 6.07) is 7.03. The van der Waals surface area contributed by atoms with Gasteiger partial charge in [0, 0.05) is 17.0 Å². The van der Waals surface area contributed by atoms with Gasteiger partial charge in [-0.1, -0.05) is 17.3 Å². The van der Waals surface area contributed by atoms with Crippen LogP contribution in [0.25, 0.3) is 22.2 Å². The van der Waals surface area contributed by atoms with Crippen molar-refractivity contribution in [2.75, 3.05) is 0 Å². The van der Waals surface area contributed by atoms with Crippen LogP contribution in [0.4, 0.5) is 0 Å². The highest BCUT2D eigenvalue weighted by Crippen LogP contribution is 2.29. The van der Waals surface area contributed by atoms with Gasteiger partial charge in [0.15, 0.2) is 0 Å². The van der Waals surface area contributed by atoms with Gasteiger partial charge in [-0.05, 0) is 25.5 Å². The number of carbonyl (C=O) groups is 1. The van der Waals surface area contributed by atoms with Crippen molar-refractivity contribution in [2.45, 2.75) is 13.8 Å². The summed E-state index contributed by atoms with van der Waals surface area (Å²) in [5, 5.41) is 13.6. The minimum absolute atomic E-state index is 0.179. The lowest BCUT2D eigenvalue weighted by atomic mass is 10.1. The molecule has 19 heavy (non-hydrogen) atoms. The number of furan rings is 1. The normalized spacial score (nSPS) is 11.1. The molecule has 0 aliphatic rings. The number of aryl methyl sites for hydroxylation is 2. The maximum Gasteiger partial charge on any atom is 0.374 e. The number of hydrogen-bond donors (Lipinski definition) is 1. The first-order valence-electron chi connectivity index (χ1n) is 5.76. The van der Waals surface area contributed by atoms with E-state index in [2.05, 4.69) is 5.16 Å². The smallest absolute Gasteiger partial charge is 0.374 e. The lowest BCUT2D eigenvalue weighted by Crippen LogP contribution is -1.91. The minimum atomic E-state index is -1.13. The second-order valence-electron chi connectivity index (χ2n) is 4.38. The van der Waals surface area contributed by atoms with Crippen LogP contribution >= 0.6 is 0 Å². The van der Waals surface area contributed by atoms with Gasteiger partial charge in [-0.25, -0.2) is 4.79 Å². The molecule has 3 rings (SSSR count). The molecule has 0 spiro atoms. The molecule has 3 aromatic rings. The van der Waals surface area contributed by atoms with E-state index in [1.807, 2.05) is 32.0 Å². The number of hydrogen-bond acceptors (Lipinski definition) is 4. The van der Waals surface area contributed by atoms with Crippen molar-refractivity contribution < 1.29 is 18.8 Å². The fourth-order valence-electron chi connectivity index (χ4n) is 2.02. The summed E-state index contributed by atoms with van der Waals surface area (Å²) in [5.41, 5.74) is 3.10. The number of benzene rings is 1. The molecule has 0 aliphatic carbocycles. The highest BCUT2D eigenvalue weighted by Gasteiger charge is 2.14. The first-order chi connectivity index (χ1) is 9.06. The number of aromatic nitrogens is 1. The minimum Gasteiger partial charge on any atom is -0.475 e. The first kappa shape index (κ1) is 11.5. The molecule has 0 aliphatic heterocycles. The van der Waals surface area contributed by atoms with Crippen molar-refractivity contribution in [1.29, 1.82) is 0 Å². The van der Waals surface area contributed by atoms with E-state index in [-0.39, 0.29) is 5.76 Å². The standard InChI is InChI=1S/C14H11NO4/c1-7-8(2)18-12-5-9(3-4-10(7)12)11-6-13(14(16)17)19-15-11/h3-6H,1-2H3,(H,16,17). The number of carboxylic acid groups (broad SMARTS) is 1. The van der Waals surface area contributed by atoms with Gasteiger partial charge in [0.25, 0.3) is 0 Å². The fourth-order valence-corrected chi connectivity index (χ4v) is 2.02. The largest absolute Gasteiger partial charge is 0.475 e. The molecule has 0 saturated heterocycles. The van der Waals surface area contributed by atoms with E-state index in [1.165, 1.54) is 6.07 Å². The Morgan fingerprint density at radius 3 is 2.74 bits per heavy atom. The summed E-state index contributed by atoms with van der Waals surface area (Å²) >= 11 is 0. The highest BCUT2D eigenvalue weighted by molar-refractivity contribution is 5.88. The molecule has 1 N–H and O–H groups in total. The van der Waals surface area contributed by atoms with E-state index in [4.69, 9.17) is 14.0 Å². The molecular formula is C14H11NO4. The molecule has 0 unspecified atom stereocenters. The Morgan fingerprint density at radius 1 is 1.26 bits per heavy atom. The number of rotatable bonds is 2. The number of aromatic carboxylic acids is 1. The number of nitrogens with zero attached hydrogens (tertiary/aromatic N) is 1. The molecule has 2 heterocycles. The summed E-state index contributed by atoms with van der Waals surface area (Å²) in [7, 11) is 0. The summed E-state index contributed by atoms with van der Waals surface area (Å²) in [4.78, 5) is 10.8. The summed E-state index contributed by atoms with van der Waals surface area (Å²) < 4.78 is 10.4. The number of fused-ring (bicyclic) bond motifs is 1. The van der Waals surface area contributed by atoms with Gasteiger partial charge < -0.3 is 14.0 Å². The average molecular weight is 257 g/mol. The predicted octanol–water partition coefficient (Wildman–Crippen LogP) is 3.40. The third kappa shape index (κ3) is 1.79. The van der Waals surface area contributed by atoms with Crippen LogP contribution in [0, 0.1) is 13.8 Å². The Bertz CT molecular complexity index is 782. The van der Waals surface area contributed by atoms with Crippen LogP contribution in [0.2, 0.25) is 0 Å². The highest BCUT2D eigenvalue weighted by atomic mass is 16.5. The van der Waals surface area contributed by atoms with E-state index < -0.39 is 5.97 Å². The van der Waals surface area contributed by atoms with Crippen molar-refractivity contribution in [3.8, 4) is 11.3 Å². The zero-order chi connectivity index (χ0) is 13.6. The van der Waals surface area contributed by atoms with E-state index >= 15 is 0 Å². The van der Waals surface area contributed by atoms with E-state index in [0.29, 0.717) is 5.69 Å². The van der Waals surface area contributed by atoms with Crippen LogP contribution in [-0.4, -0.2) is 16.2 Å². The molecule has 1 aromatic carbocycles. The van der Waals surface area contributed by atoms with Gasteiger partial charge >= 0.3 is 5.97 Å². The molecule has 5 heteroatoms. The summed E-state index contributed by atoms with van der Waals surface area (Å²) in [5.74, 6) is -0.440. The van der Waals surface area contributed by atoms with Gasteiger partial charge in [-0.2, -0.15) is 0 Å². The van der Waals surface area contributed by atoms with Crippen molar-refractivity contribution in [1.82, 2.24) is 5.16 Å². The lowest BCUT2D eigenvalue weighted by Gasteiger charge is -1.95. The van der Waals surface area contributed by atoms with Crippen LogP contribution < -0.4 is 0 Å². The Labute approximate surface area is 108 Å². The Balaban J connectivity index is 2.12. The molecule has 0 fully saturated rings. The van der Waals surface area contributed by atoms with Crippen LogP contribution in [-0.2, 0) is 0 Å². The molecule has 2 aromatic heterocycles. The summed E-state index contributed by atoms with van der Waals surface area (Å²) in [6.45, 7) is 3.91. The van der Waals surface area contributed by atoms with Gasteiger partial charge in [-0.3, -0.25) is 0 Å². The quantitative estimate of drug-likeness (QED) is 0.761. The molecule has 96 valence electrons. The Morgan fingerprint density at radius 2 is 2.05 bits per heavy atom. The first-order valence-corrected chi connectivity index (χ1v) is 5.76. The second kappa shape index (κ2) is 3.98. The topological polar surface area (TPSA) is 76.5 Å². The van der Waals surface area contributed by atoms with Crippen LogP contribution in [0.3, 0.4) is 0 Å². The molecule has 0 amide bonds. The van der Waals surface area contributed by atoms with Gasteiger partial charge in [0.05, 0.1) is 0 Å². The zero-order valence-electron chi connectivity index (χ0n) is 10.4. The van der Waals surface area contributed by atoms with Crippen LogP contribution in [0.15, 0.2) is 33.2 Å². The zero-order valence-corrected chi connectivity index (χ0v) is 10.4. The molecule has 0 saturated carbocycles. The fraction of sp³-hybridized carbons (Fsp3) is 0.143. The van der Waals surface area contributed by atoms with E-state index in [9.17, 15) is 4.79 Å². The lowest BCUT2D eigenvalue weighted by molar-refractivity contribution is 0.0652. The molecular weight excluding hydrogens is 246 g/mol.